The molecule has 0 aliphatic carbocycles. The fourth-order valence-electron chi connectivity index (χ4n) is 2.89. The summed E-state index contributed by atoms with van der Waals surface area (Å²) in [5.41, 5.74) is 1.08. The molecular weight excluding hydrogens is 388 g/mol. The minimum atomic E-state index is -0.522. The molecule has 1 fully saturated rings. The first-order chi connectivity index (χ1) is 14.6. The van der Waals surface area contributed by atoms with E-state index in [4.69, 9.17) is 18.9 Å². The van der Waals surface area contributed by atoms with Crippen molar-refractivity contribution in [1.82, 2.24) is 0 Å². The molecule has 158 valence electrons. The van der Waals surface area contributed by atoms with Gasteiger partial charge in [-0.2, -0.15) is 0 Å². The van der Waals surface area contributed by atoms with Gasteiger partial charge in [0.15, 0.2) is 17.8 Å². The minimum Gasteiger partial charge on any atom is -0.493 e. The molecular formula is C23H24O7. The van der Waals surface area contributed by atoms with E-state index in [2.05, 4.69) is 4.74 Å². The molecule has 0 aromatic heterocycles. The predicted molar refractivity (Wildman–Crippen MR) is 110 cm³/mol. The molecule has 1 aliphatic heterocycles. The Labute approximate surface area is 175 Å². The maximum Gasteiger partial charge on any atom is 0.343 e. The van der Waals surface area contributed by atoms with Crippen molar-refractivity contribution < 1.29 is 33.3 Å². The smallest absolute Gasteiger partial charge is 0.343 e. The van der Waals surface area contributed by atoms with E-state index in [-0.39, 0.29) is 12.0 Å². The Balaban J connectivity index is 1.64. The Kier molecular flexibility index (Phi) is 7.45. The molecule has 1 saturated heterocycles. The van der Waals surface area contributed by atoms with Crippen molar-refractivity contribution in [3.63, 3.8) is 0 Å². The highest BCUT2D eigenvalue weighted by Gasteiger charge is 2.16. The first-order valence-electron chi connectivity index (χ1n) is 9.63. The van der Waals surface area contributed by atoms with Gasteiger partial charge in [-0.25, -0.2) is 9.59 Å². The summed E-state index contributed by atoms with van der Waals surface area (Å²) in [6, 6.07) is 11.7. The summed E-state index contributed by atoms with van der Waals surface area (Å²) in [4.78, 5) is 23.7. The minimum absolute atomic E-state index is 0.243. The largest absolute Gasteiger partial charge is 0.493 e. The van der Waals surface area contributed by atoms with Gasteiger partial charge in [0, 0.05) is 12.5 Å². The van der Waals surface area contributed by atoms with Gasteiger partial charge in [-0.3, -0.25) is 0 Å². The zero-order chi connectivity index (χ0) is 21.3. The third-order valence-corrected chi connectivity index (χ3v) is 4.50. The van der Waals surface area contributed by atoms with E-state index in [0.29, 0.717) is 29.2 Å². The van der Waals surface area contributed by atoms with Crippen molar-refractivity contribution in [3.8, 4) is 17.2 Å². The molecule has 7 nitrogen and oxygen atoms in total. The lowest BCUT2D eigenvalue weighted by atomic mass is 10.2. The molecule has 30 heavy (non-hydrogen) atoms. The first-order valence-corrected chi connectivity index (χ1v) is 9.63. The number of rotatable bonds is 7. The highest BCUT2D eigenvalue weighted by molar-refractivity contribution is 5.91. The normalized spacial score (nSPS) is 16.1. The predicted octanol–water partition coefficient (Wildman–Crippen LogP) is 4.01. The lowest BCUT2D eigenvalue weighted by molar-refractivity contribution is -0.134. The van der Waals surface area contributed by atoms with Crippen molar-refractivity contribution in [2.75, 3.05) is 20.8 Å². The summed E-state index contributed by atoms with van der Waals surface area (Å²) in [5, 5.41) is 0. The van der Waals surface area contributed by atoms with Crippen LogP contribution in [-0.4, -0.2) is 39.1 Å². The monoisotopic (exact) mass is 412 g/mol. The molecule has 1 unspecified atom stereocenters. The van der Waals surface area contributed by atoms with Gasteiger partial charge in [-0.15, -0.1) is 0 Å². The molecule has 0 radical (unpaired) electrons. The van der Waals surface area contributed by atoms with Crippen LogP contribution in [0.4, 0.5) is 0 Å². The summed E-state index contributed by atoms with van der Waals surface area (Å²) in [7, 11) is 2.78. The average Bonchev–Trinajstić information content (AvgIpc) is 2.79. The number of hydrogen-bond donors (Lipinski definition) is 0. The molecule has 0 N–H and O–H groups in total. The highest BCUT2D eigenvalue weighted by Crippen LogP contribution is 2.29. The van der Waals surface area contributed by atoms with E-state index in [1.165, 1.54) is 20.3 Å². The van der Waals surface area contributed by atoms with Gasteiger partial charge in [-0.05, 0) is 60.9 Å². The van der Waals surface area contributed by atoms with Crippen LogP contribution in [0.3, 0.4) is 0 Å². The second-order valence-electron chi connectivity index (χ2n) is 6.59. The van der Waals surface area contributed by atoms with Gasteiger partial charge in [-0.1, -0.05) is 6.07 Å². The van der Waals surface area contributed by atoms with Crippen LogP contribution in [0.1, 0.15) is 35.2 Å². The van der Waals surface area contributed by atoms with Crippen LogP contribution in [0.2, 0.25) is 0 Å². The van der Waals surface area contributed by atoms with E-state index in [1.807, 2.05) is 0 Å². The third kappa shape index (κ3) is 5.84. The van der Waals surface area contributed by atoms with Crippen LogP contribution in [0.15, 0.2) is 48.5 Å². The van der Waals surface area contributed by atoms with Crippen LogP contribution < -0.4 is 14.2 Å². The van der Waals surface area contributed by atoms with Gasteiger partial charge in [0.1, 0.15) is 5.75 Å². The lowest BCUT2D eigenvalue weighted by Gasteiger charge is -2.23. The fraction of sp³-hybridized carbons (Fsp3) is 0.304. The Bertz CT molecular complexity index is 896. The number of benzene rings is 2. The van der Waals surface area contributed by atoms with Gasteiger partial charge in [0.05, 0.1) is 26.4 Å². The molecule has 1 aliphatic rings. The molecule has 3 rings (SSSR count). The van der Waals surface area contributed by atoms with Crippen molar-refractivity contribution in [1.29, 1.82) is 0 Å². The average molecular weight is 412 g/mol. The summed E-state index contributed by atoms with van der Waals surface area (Å²) in [5.74, 6) is 0.287. The third-order valence-electron chi connectivity index (χ3n) is 4.50. The summed E-state index contributed by atoms with van der Waals surface area (Å²) < 4.78 is 26.7. The van der Waals surface area contributed by atoms with Crippen molar-refractivity contribution >= 4 is 18.0 Å². The second-order valence-corrected chi connectivity index (χ2v) is 6.59. The van der Waals surface area contributed by atoms with Crippen molar-refractivity contribution in [2.24, 2.45) is 0 Å². The number of esters is 2. The maximum absolute atomic E-state index is 12.5. The fourth-order valence-corrected chi connectivity index (χ4v) is 2.89. The zero-order valence-electron chi connectivity index (χ0n) is 17.0. The van der Waals surface area contributed by atoms with E-state index >= 15 is 0 Å². The summed E-state index contributed by atoms with van der Waals surface area (Å²) >= 11 is 0. The van der Waals surface area contributed by atoms with Crippen molar-refractivity contribution in [2.45, 2.75) is 25.6 Å². The van der Waals surface area contributed by atoms with Gasteiger partial charge < -0.3 is 23.7 Å². The van der Waals surface area contributed by atoms with Crippen LogP contribution in [-0.2, 0) is 14.3 Å². The molecule has 2 aromatic carbocycles. The Morgan fingerprint density at radius 2 is 1.83 bits per heavy atom. The number of carbonyl (C=O) groups excluding carboxylic acids is 2. The van der Waals surface area contributed by atoms with E-state index in [0.717, 1.165) is 19.3 Å². The SMILES string of the molecule is COC(=O)C=Cc1ccc(OC(=O)c2ccc(OC3CCCCO3)cc2)c(OC)c1. The maximum atomic E-state index is 12.5. The Morgan fingerprint density at radius 1 is 1.03 bits per heavy atom. The number of ether oxygens (including phenoxy) is 5. The molecule has 1 heterocycles. The van der Waals surface area contributed by atoms with E-state index < -0.39 is 11.9 Å². The molecule has 0 saturated carbocycles. The number of carbonyl (C=O) groups is 2. The lowest BCUT2D eigenvalue weighted by Crippen LogP contribution is -2.24. The standard InChI is InChI=1S/C23H24O7/c1-26-20-15-16(7-13-21(24)27-2)6-12-19(20)30-23(25)17-8-10-18(11-9-17)29-22-5-3-4-14-28-22/h6-13,15,22H,3-5,14H2,1-2H3. The van der Waals surface area contributed by atoms with E-state index in [1.54, 1.807) is 48.5 Å². The van der Waals surface area contributed by atoms with Crippen LogP contribution in [0, 0.1) is 0 Å². The quantitative estimate of drug-likeness (QED) is 0.386. The van der Waals surface area contributed by atoms with Gasteiger partial charge in [0.25, 0.3) is 0 Å². The summed E-state index contributed by atoms with van der Waals surface area (Å²) in [6.07, 6.45) is 5.61. The van der Waals surface area contributed by atoms with E-state index in [9.17, 15) is 9.59 Å². The topological polar surface area (TPSA) is 80.3 Å². The summed E-state index contributed by atoms with van der Waals surface area (Å²) in [6.45, 7) is 0.703. The van der Waals surface area contributed by atoms with Gasteiger partial charge >= 0.3 is 11.9 Å². The molecule has 0 amide bonds. The Hall–Kier alpha value is -3.32. The van der Waals surface area contributed by atoms with Crippen LogP contribution >= 0.6 is 0 Å². The molecule has 2 aromatic rings. The van der Waals surface area contributed by atoms with Gasteiger partial charge in [0.2, 0.25) is 0 Å². The number of hydrogen-bond acceptors (Lipinski definition) is 7. The van der Waals surface area contributed by atoms with Crippen molar-refractivity contribution in [3.05, 3.63) is 59.7 Å². The highest BCUT2D eigenvalue weighted by atomic mass is 16.7. The zero-order valence-corrected chi connectivity index (χ0v) is 17.0. The molecule has 1 atom stereocenters. The number of methoxy groups -OCH3 is 2. The molecule has 0 bridgehead atoms. The Morgan fingerprint density at radius 3 is 2.50 bits per heavy atom. The second kappa shape index (κ2) is 10.5. The van der Waals surface area contributed by atoms with Crippen LogP contribution in [0.25, 0.3) is 6.08 Å². The molecule has 0 spiro atoms. The van der Waals surface area contributed by atoms with Crippen LogP contribution in [0.5, 0.6) is 17.2 Å². The molecule has 7 heteroatoms. The first kappa shape index (κ1) is 21.4.